The summed E-state index contributed by atoms with van der Waals surface area (Å²) in [6, 6.07) is 5.61. The Morgan fingerprint density at radius 2 is 1.69 bits per heavy atom. The summed E-state index contributed by atoms with van der Waals surface area (Å²) in [7, 11) is 1.45. The number of ketones is 1. The fourth-order valence-corrected chi connectivity index (χ4v) is 9.09. The van der Waals surface area contributed by atoms with Crippen LogP contribution < -0.4 is 15.5 Å². The average Bonchev–Trinajstić information content (AvgIpc) is 3.45. The summed E-state index contributed by atoms with van der Waals surface area (Å²) in [6.45, 7) is 14.6. The monoisotopic (exact) mass is 814 g/mol. The number of hydrogen-bond donors (Lipinski definition) is 4. The van der Waals surface area contributed by atoms with Gasteiger partial charge in [0.25, 0.3) is 11.7 Å². The number of carbonyl (C=O) groups is 3. The molecule has 0 aliphatic carbocycles. The van der Waals surface area contributed by atoms with E-state index in [1.807, 2.05) is 25.1 Å². The van der Waals surface area contributed by atoms with Crippen molar-refractivity contribution in [3.63, 3.8) is 0 Å². The number of nitrogens with zero attached hydrogens (tertiary/aromatic N) is 1. The van der Waals surface area contributed by atoms with Crippen molar-refractivity contribution >= 4 is 65.9 Å². The van der Waals surface area contributed by atoms with E-state index in [0.717, 1.165) is 10.3 Å². The van der Waals surface area contributed by atoms with Crippen molar-refractivity contribution in [2.75, 3.05) is 12.4 Å². The van der Waals surface area contributed by atoms with Crippen LogP contribution in [0.25, 0.3) is 31.2 Å². The van der Waals surface area contributed by atoms with Gasteiger partial charge in [-0.15, -0.1) is 11.3 Å². The first-order chi connectivity index (χ1) is 27.3. The molecule has 4 N–H and O–H groups in total. The van der Waals surface area contributed by atoms with Gasteiger partial charge in [0.2, 0.25) is 0 Å². The zero-order chi connectivity index (χ0) is 42.5. The van der Waals surface area contributed by atoms with Crippen LogP contribution >= 0.6 is 11.3 Å². The van der Waals surface area contributed by atoms with E-state index in [9.17, 15) is 34.5 Å². The number of anilines is 1. The zero-order valence-electron chi connectivity index (χ0n) is 34.2. The Labute approximate surface area is 340 Å². The third-order valence-corrected chi connectivity index (χ3v) is 12.6. The van der Waals surface area contributed by atoms with Gasteiger partial charge < -0.3 is 39.6 Å². The summed E-state index contributed by atoms with van der Waals surface area (Å²) in [6.07, 6.45) is 3.83. The molecule has 0 spiro atoms. The quantitative estimate of drug-likeness (QED) is 0.0720. The number of phenolic OH excluding ortho intramolecular Hbond substituents is 1. The summed E-state index contributed by atoms with van der Waals surface area (Å²) in [5.41, 5.74) is 1.30. The number of hydrogen-bond acceptors (Lipinski definition) is 13. The zero-order valence-corrected chi connectivity index (χ0v) is 35.0. The van der Waals surface area contributed by atoms with E-state index in [4.69, 9.17) is 23.9 Å². The molecule has 13 nitrogen and oxygen atoms in total. The lowest BCUT2D eigenvalue weighted by atomic mass is 9.78. The van der Waals surface area contributed by atoms with Crippen LogP contribution in [0, 0.1) is 37.5 Å². The molecule has 2 aliphatic heterocycles. The molecule has 308 valence electrons. The van der Waals surface area contributed by atoms with Gasteiger partial charge in [0, 0.05) is 61.2 Å². The number of aryl methyl sites for hydroxylation is 1. The van der Waals surface area contributed by atoms with Crippen LogP contribution in [-0.4, -0.2) is 75.3 Å². The van der Waals surface area contributed by atoms with Crippen LogP contribution in [0.3, 0.4) is 0 Å². The molecule has 1 aromatic heterocycles. The number of aliphatic hydroxyl groups excluding tert-OH is 2. The summed E-state index contributed by atoms with van der Waals surface area (Å²) >= 11 is 1.23. The molecule has 1 amide bonds. The van der Waals surface area contributed by atoms with E-state index in [-0.39, 0.29) is 44.4 Å². The van der Waals surface area contributed by atoms with Crippen LogP contribution in [0.2, 0.25) is 0 Å². The number of ether oxygens (including phenoxy) is 4. The minimum Gasteiger partial charge on any atom is -0.505 e. The lowest BCUT2D eigenvalue weighted by Crippen LogP contribution is -2.46. The van der Waals surface area contributed by atoms with Gasteiger partial charge >= 0.3 is 11.8 Å². The van der Waals surface area contributed by atoms with Crippen molar-refractivity contribution in [3.8, 4) is 11.5 Å². The minimum atomic E-state index is -1.98. The number of methoxy groups -OCH3 is 1. The number of allylic oxidation sites excluding steroid dienone is 2. The number of rotatable bonds is 2. The second-order valence-corrected chi connectivity index (χ2v) is 16.8. The Hall–Kier alpha value is -5.15. The van der Waals surface area contributed by atoms with Crippen LogP contribution in [-0.2, 0) is 23.8 Å². The first-order valence-electron chi connectivity index (χ1n) is 19.2. The Balaban J connectivity index is 1.59. The van der Waals surface area contributed by atoms with E-state index >= 15 is 0 Å². The Kier molecular flexibility index (Phi) is 11.9. The first kappa shape index (κ1) is 42.5. The first-order valence-corrected chi connectivity index (χ1v) is 20.0. The Bertz CT molecular complexity index is 2490. The van der Waals surface area contributed by atoms with Crippen molar-refractivity contribution in [3.05, 3.63) is 81.3 Å². The van der Waals surface area contributed by atoms with Crippen LogP contribution in [0.1, 0.15) is 70.0 Å². The fourth-order valence-electron chi connectivity index (χ4n) is 7.91. The molecule has 4 bridgehead atoms. The number of aromatic hydroxyl groups is 1. The molecule has 0 radical (unpaired) electrons. The van der Waals surface area contributed by atoms with Gasteiger partial charge in [0.05, 0.1) is 56.0 Å². The Morgan fingerprint density at radius 1 is 0.983 bits per heavy atom. The summed E-state index contributed by atoms with van der Waals surface area (Å²) in [5.74, 6) is -6.75. The van der Waals surface area contributed by atoms with Crippen LogP contribution in [0.15, 0.2) is 59.1 Å². The number of Topliss-reactive ketones (excluding diaryl/α,β-unsaturated/α-hetero) is 1. The maximum Gasteiger partial charge on any atom is 0.312 e. The number of phenols is 1. The SMILES string of the molecule is CO[C@H]1/C=C/O[C@@]2(C)Oc3c(C)c(=O)c4c(O)c(c5sc6cc(C)ccc6nc5c4c3C2=O)NC(=O)/C(C)=C\C=C\[C@H](C)[C@H](O)[C@@H](C)[C@@H](O)[C@@H](C)[C@H](OC(C)=O)[C@@H]1C. The highest BCUT2D eigenvalue weighted by Gasteiger charge is 2.49. The molecule has 14 heteroatoms. The Morgan fingerprint density at radius 3 is 2.36 bits per heavy atom. The van der Waals surface area contributed by atoms with E-state index in [2.05, 4.69) is 5.32 Å². The number of esters is 1. The number of benzene rings is 3. The maximum atomic E-state index is 14.6. The standard InChI is InChI=1S/C44H50N2O11S/c1-19-14-15-27-29(18-19)58-41-33(45-27)30-31-37(50)25(7)40-32(30)42(52)44(9,57-40)55-17-16-28(54-10)22(4)39(56-26(8)47)24(6)36(49)23(5)35(48)20(2)12-11-13-21(3)43(53)46-34(41)38(31)51/h11-18,20,22-24,28,35-36,39,48-49,51H,1-10H3,(H,46,53)/b12-11+,17-16+,21-13-/t20-,22+,23+,24+,28-,35-,36+,39+,44-/m0/s1. The summed E-state index contributed by atoms with van der Waals surface area (Å²) in [5, 5.41) is 37.5. The molecule has 2 aliphatic rings. The smallest absolute Gasteiger partial charge is 0.312 e. The number of nitrogens with one attached hydrogen (secondary N) is 1. The van der Waals surface area contributed by atoms with Crippen molar-refractivity contribution in [1.82, 2.24) is 4.98 Å². The highest BCUT2D eigenvalue weighted by atomic mass is 32.1. The van der Waals surface area contributed by atoms with Crippen molar-refractivity contribution in [2.45, 2.75) is 92.5 Å². The molecule has 58 heavy (non-hydrogen) atoms. The number of aliphatic hydroxyl groups is 2. The third kappa shape index (κ3) is 7.49. The summed E-state index contributed by atoms with van der Waals surface area (Å²) < 4.78 is 24.8. The number of carbonyl (C=O) groups excluding carboxylic acids is 3. The number of aromatic nitrogens is 1. The largest absolute Gasteiger partial charge is 0.505 e. The van der Waals surface area contributed by atoms with Gasteiger partial charge in [-0.25, -0.2) is 4.98 Å². The highest BCUT2D eigenvalue weighted by Crippen LogP contribution is 2.49. The van der Waals surface area contributed by atoms with Gasteiger partial charge in [-0.05, 0) is 44.5 Å². The number of amides is 1. The van der Waals surface area contributed by atoms with Crippen molar-refractivity contribution < 1.29 is 48.7 Å². The van der Waals surface area contributed by atoms with E-state index in [0.29, 0.717) is 10.2 Å². The normalized spacial score (nSPS) is 30.4. The summed E-state index contributed by atoms with van der Waals surface area (Å²) in [4.78, 5) is 59.9. The molecular weight excluding hydrogens is 765 g/mol. The number of fused-ring (bicyclic) bond motifs is 2. The van der Waals surface area contributed by atoms with E-state index in [1.54, 1.807) is 52.8 Å². The molecule has 6 rings (SSSR count). The van der Waals surface area contributed by atoms with Gasteiger partial charge in [-0.3, -0.25) is 19.2 Å². The van der Waals surface area contributed by atoms with Gasteiger partial charge in [0.15, 0.2) is 11.2 Å². The van der Waals surface area contributed by atoms with Gasteiger partial charge in [-0.1, -0.05) is 52.0 Å². The molecule has 0 fully saturated rings. The molecule has 0 saturated heterocycles. The van der Waals surface area contributed by atoms with Crippen molar-refractivity contribution in [1.29, 1.82) is 0 Å². The van der Waals surface area contributed by atoms with E-state index in [1.165, 1.54) is 51.6 Å². The fraction of sp³-hybridized carbons (Fsp3) is 0.432. The average molecular weight is 815 g/mol. The predicted molar refractivity (Wildman–Crippen MR) is 222 cm³/mol. The van der Waals surface area contributed by atoms with Gasteiger partial charge in [0.1, 0.15) is 17.5 Å². The second-order valence-electron chi connectivity index (χ2n) is 15.7. The van der Waals surface area contributed by atoms with Crippen LogP contribution in [0.4, 0.5) is 5.69 Å². The molecule has 3 aromatic carbocycles. The van der Waals surface area contributed by atoms with Crippen molar-refractivity contribution in [2.24, 2.45) is 23.7 Å². The molecule has 4 aromatic rings. The lowest BCUT2D eigenvalue weighted by molar-refractivity contribution is -0.160. The molecule has 0 saturated carbocycles. The minimum absolute atomic E-state index is 0.0113. The lowest BCUT2D eigenvalue weighted by Gasteiger charge is -2.38. The molecule has 9 atom stereocenters. The second kappa shape index (κ2) is 16.2. The van der Waals surface area contributed by atoms with Crippen LogP contribution in [0.5, 0.6) is 11.5 Å². The molecular formula is C44H50N2O11S. The topological polar surface area (TPSA) is 191 Å². The molecule has 0 unspecified atom stereocenters. The van der Waals surface area contributed by atoms with E-state index < -0.39 is 82.7 Å². The van der Waals surface area contributed by atoms with Gasteiger partial charge in [-0.2, -0.15) is 0 Å². The third-order valence-electron chi connectivity index (χ3n) is 11.5. The highest BCUT2D eigenvalue weighted by molar-refractivity contribution is 7.25. The predicted octanol–water partition coefficient (Wildman–Crippen LogP) is 6.77. The molecule has 3 heterocycles. The maximum absolute atomic E-state index is 14.6.